The molecule has 0 aliphatic rings. The number of ether oxygens (including phenoxy) is 3. The maximum absolute atomic E-state index is 12.2. The summed E-state index contributed by atoms with van der Waals surface area (Å²) in [6.45, 7) is 3.93. The molecule has 0 fully saturated rings. The number of carbonyl (C=O) groups excluding carboxylic acids is 2. The number of amides is 1. The highest BCUT2D eigenvalue weighted by atomic mass is 35.5. The normalized spacial score (nSPS) is 10.7. The Morgan fingerprint density at radius 2 is 1.97 bits per heavy atom. The molecule has 0 heterocycles. The highest BCUT2D eigenvalue weighted by Crippen LogP contribution is 2.29. The van der Waals surface area contributed by atoms with Gasteiger partial charge in [0.15, 0.2) is 18.1 Å². The van der Waals surface area contributed by atoms with Crippen molar-refractivity contribution in [3.05, 3.63) is 58.1 Å². The van der Waals surface area contributed by atoms with Crippen LogP contribution < -0.4 is 19.5 Å². The highest BCUT2D eigenvalue weighted by molar-refractivity contribution is 6.31. The van der Waals surface area contributed by atoms with Gasteiger partial charge in [0.25, 0.3) is 5.91 Å². The molecule has 31 heavy (non-hydrogen) atoms. The van der Waals surface area contributed by atoms with Crippen LogP contribution in [0.1, 0.15) is 24.5 Å². The number of halogens is 1. The van der Waals surface area contributed by atoms with E-state index in [9.17, 15) is 14.9 Å². The molecule has 0 aromatic heterocycles. The second-order valence-electron chi connectivity index (χ2n) is 6.51. The number of carbonyl (C=O) groups is 2. The molecule has 0 unspecified atom stereocenters. The van der Waals surface area contributed by atoms with Crippen molar-refractivity contribution in [2.45, 2.75) is 20.3 Å². The van der Waals surface area contributed by atoms with E-state index >= 15 is 0 Å². The Labute approximate surface area is 186 Å². The fraction of sp³-hybridized carbons (Fsp3) is 0.261. The standard InChI is InChI=1S/C23H23ClN2O5/c1-4-9-26-23(28)17(13-25)11-16-5-8-20(21(12-16)29-3)31-22(27)14-30-18-6-7-19(24)15(2)10-18/h5-8,10-12H,4,9,14H2,1-3H3,(H,26,28)/b17-11+. The molecule has 0 atom stereocenters. The molecule has 0 aliphatic heterocycles. The summed E-state index contributed by atoms with van der Waals surface area (Å²) < 4.78 is 16.0. The van der Waals surface area contributed by atoms with Gasteiger partial charge in [0.1, 0.15) is 17.4 Å². The molecule has 0 bridgehead atoms. The van der Waals surface area contributed by atoms with E-state index in [2.05, 4.69) is 5.32 Å². The monoisotopic (exact) mass is 442 g/mol. The zero-order valence-corrected chi connectivity index (χ0v) is 18.3. The predicted octanol–water partition coefficient (Wildman–Crippen LogP) is 4.07. The van der Waals surface area contributed by atoms with E-state index < -0.39 is 11.9 Å². The smallest absolute Gasteiger partial charge is 0.349 e. The summed E-state index contributed by atoms with van der Waals surface area (Å²) in [5.41, 5.74) is 1.35. The maximum atomic E-state index is 12.2. The van der Waals surface area contributed by atoms with Gasteiger partial charge in [0, 0.05) is 11.6 Å². The Morgan fingerprint density at radius 1 is 1.19 bits per heavy atom. The van der Waals surface area contributed by atoms with E-state index in [4.69, 9.17) is 25.8 Å². The molecule has 2 aromatic rings. The third-order valence-corrected chi connectivity index (χ3v) is 4.53. The number of methoxy groups -OCH3 is 1. The minimum absolute atomic E-state index is 0.0353. The van der Waals surface area contributed by atoms with E-state index in [-0.39, 0.29) is 23.7 Å². The lowest BCUT2D eigenvalue weighted by atomic mass is 10.1. The number of hydrogen-bond acceptors (Lipinski definition) is 6. The molecule has 0 spiro atoms. The molecular weight excluding hydrogens is 420 g/mol. The van der Waals surface area contributed by atoms with Crippen LogP contribution in [0.25, 0.3) is 6.08 Å². The van der Waals surface area contributed by atoms with Crippen LogP contribution in [0, 0.1) is 18.3 Å². The average molecular weight is 443 g/mol. The van der Waals surface area contributed by atoms with Gasteiger partial charge in [-0.05, 0) is 60.9 Å². The molecular formula is C23H23ClN2O5. The second-order valence-corrected chi connectivity index (χ2v) is 6.92. The molecule has 0 saturated carbocycles. The number of benzene rings is 2. The van der Waals surface area contributed by atoms with Crippen LogP contribution in [-0.4, -0.2) is 32.1 Å². The van der Waals surface area contributed by atoms with Gasteiger partial charge in [0.05, 0.1) is 7.11 Å². The van der Waals surface area contributed by atoms with Crippen molar-refractivity contribution in [2.75, 3.05) is 20.3 Å². The maximum Gasteiger partial charge on any atom is 0.349 e. The Bertz CT molecular complexity index is 1030. The van der Waals surface area contributed by atoms with Crippen LogP contribution in [0.2, 0.25) is 5.02 Å². The summed E-state index contributed by atoms with van der Waals surface area (Å²) >= 11 is 5.97. The van der Waals surface area contributed by atoms with Crippen LogP contribution in [-0.2, 0) is 9.59 Å². The van der Waals surface area contributed by atoms with Crippen molar-refractivity contribution in [3.8, 4) is 23.3 Å². The first-order valence-electron chi connectivity index (χ1n) is 9.55. The molecule has 0 saturated heterocycles. The average Bonchev–Trinajstić information content (AvgIpc) is 2.77. The van der Waals surface area contributed by atoms with Gasteiger partial charge in [-0.15, -0.1) is 0 Å². The summed E-state index contributed by atoms with van der Waals surface area (Å²) in [5, 5.41) is 12.5. The number of nitrogens with one attached hydrogen (secondary N) is 1. The van der Waals surface area contributed by atoms with Crippen LogP contribution in [0.15, 0.2) is 42.0 Å². The van der Waals surface area contributed by atoms with Crippen molar-refractivity contribution in [3.63, 3.8) is 0 Å². The first-order chi connectivity index (χ1) is 14.9. The Balaban J connectivity index is 2.07. The van der Waals surface area contributed by atoms with Crippen LogP contribution in [0.5, 0.6) is 17.2 Å². The number of nitriles is 1. The first-order valence-corrected chi connectivity index (χ1v) is 9.93. The topological polar surface area (TPSA) is 97.7 Å². The number of rotatable bonds is 9. The molecule has 0 radical (unpaired) electrons. The summed E-state index contributed by atoms with van der Waals surface area (Å²) in [5.74, 6) is -0.110. The van der Waals surface area contributed by atoms with Crippen LogP contribution in [0.3, 0.4) is 0 Å². The van der Waals surface area contributed by atoms with Crippen molar-refractivity contribution < 1.29 is 23.8 Å². The largest absolute Gasteiger partial charge is 0.493 e. The molecule has 7 nitrogen and oxygen atoms in total. The van der Waals surface area contributed by atoms with E-state index in [0.717, 1.165) is 12.0 Å². The third kappa shape index (κ3) is 7.05. The summed E-state index contributed by atoms with van der Waals surface area (Å²) in [7, 11) is 1.42. The lowest BCUT2D eigenvalue weighted by molar-refractivity contribution is -0.136. The van der Waals surface area contributed by atoms with Crippen LogP contribution >= 0.6 is 11.6 Å². The Kier molecular flexibility index (Phi) is 8.92. The lowest BCUT2D eigenvalue weighted by Gasteiger charge is -2.11. The summed E-state index contributed by atoms with van der Waals surface area (Å²) in [6.07, 6.45) is 2.20. The van der Waals surface area contributed by atoms with Gasteiger partial charge in [-0.3, -0.25) is 4.79 Å². The van der Waals surface area contributed by atoms with E-state index in [1.54, 1.807) is 30.3 Å². The van der Waals surface area contributed by atoms with E-state index in [1.807, 2.05) is 19.9 Å². The fourth-order valence-corrected chi connectivity index (χ4v) is 2.63. The second kappa shape index (κ2) is 11.6. The molecule has 1 amide bonds. The van der Waals surface area contributed by atoms with E-state index in [1.165, 1.54) is 19.3 Å². The van der Waals surface area contributed by atoms with Gasteiger partial charge in [-0.1, -0.05) is 24.6 Å². The molecule has 2 aromatic carbocycles. The van der Waals surface area contributed by atoms with Crippen molar-refractivity contribution in [1.29, 1.82) is 5.26 Å². The minimum atomic E-state index is -0.620. The fourth-order valence-electron chi connectivity index (χ4n) is 2.51. The predicted molar refractivity (Wildman–Crippen MR) is 117 cm³/mol. The van der Waals surface area contributed by atoms with Gasteiger partial charge in [-0.2, -0.15) is 5.26 Å². The van der Waals surface area contributed by atoms with Crippen molar-refractivity contribution in [2.24, 2.45) is 0 Å². The number of aryl methyl sites for hydroxylation is 1. The molecule has 8 heteroatoms. The lowest BCUT2D eigenvalue weighted by Crippen LogP contribution is -2.25. The highest BCUT2D eigenvalue weighted by Gasteiger charge is 2.13. The molecule has 1 N–H and O–H groups in total. The number of nitrogens with zero attached hydrogens (tertiary/aromatic N) is 1. The minimum Gasteiger partial charge on any atom is -0.493 e. The van der Waals surface area contributed by atoms with Gasteiger partial charge in [0.2, 0.25) is 0 Å². The summed E-state index contributed by atoms with van der Waals surface area (Å²) in [6, 6.07) is 11.6. The van der Waals surface area contributed by atoms with Gasteiger partial charge < -0.3 is 19.5 Å². The SMILES string of the molecule is CCCNC(=O)/C(C#N)=C/c1ccc(OC(=O)COc2ccc(Cl)c(C)c2)c(OC)c1. The first kappa shape index (κ1) is 23.8. The number of hydrogen-bond donors (Lipinski definition) is 1. The Morgan fingerprint density at radius 3 is 2.61 bits per heavy atom. The van der Waals surface area contributed by atoms with Crippen molar-refractivity contribution in [1.82, 2.24) is 5.32 Å². The number of esters is 1. The van der Waals surface area contributed by atoms with Crippen LogP contribution in [0.4, 0.5) is 0 Å². The molecule has 2 rings (SSSR count). The zero-order valence-electron chi connectivity index (χ0n) is 17.5. The Hall–Kier alpha value is -3.50. The molecule has 162 valence electrons. The summed E-state index contributed by atoms with van der Waals surface area (Å²) in [4.78, 5) is 24.2. The van der Waals surface area contributed by atoms with Crippen molar-refractivity contribution >= 4 is 29.6 Å². The molecule has 0 aliphatic carbocycles. The van der Waals surface area contributed by atoms with Gasteiger partial charge >= 0.3 is 5.97 Å². The quantitative estimate of drug-likeness (QED) is 0.272. The third-order valence-electron chi connectivity index (χ3n) is 4.11. The van der Waals surface area contributed by atoms with Gasteiger partial charge in [-0.25, -0.2) is 4.79 Å². The zero-order chi connectivity index (χ0) is 22.8. The van der Waals surface area contributed by atoms with E-state index in [0.29, 0.717) is 22.9 Å².